The molecule has 0 aromatic carbocycles. The Morgan fingerprint density at radius 3 is 2.55 bits per heavy atom. The number of nitrogens with zero attached hydrogens (tertiary/aromatic N) is 1. The molecule has 0 aromatic heterocycles. The van der Waals surface area contributed by atoms with Crippen molar-refractivity contribution in [2.45, 2.75) is 59.4 Å². The Balaban J connectivity index is 2.29. The van der Waals surface area contributed by atoms with Gasteiger partial charge in [0.15, 0.2) is 0 Å². The Kier molecular flexibility index (Phi) is 7.52. The van der Waals surface area contributed by atoms with Crippen LogP contribution in [0.25, 0.3) is 0 Å². The molecule has 0 aliphatic carbocycles. The van der Waals surface area contributed by atoms with Crippen LogP contribution in [0.5, 0.6) is 0 Å². The highest BCUT2D eigenvalue weighted by Crippen LogP contribution is 2.22. The summed E-state index contributed by atoms with van der Waals surface area (Å²) in [6.45, 7) is 12.4. The van der Waals surface area contributed by atoms with Gasteiger partial charge in [0.2, 0.25) is 5.91 Å². The Labute approximate surface area is 124 Å². The van der Waals surface area contributed by atoms with Gasteiger partial charge in [0.25, 0.3) is 0 Å². The summed E-state index contributed by atoms with van der Waals surface area (Å²) in [5.41, 5.74) is 0.259. The number of ether oxygens (including phenoxy) is 1. The lowest BCUT2D eigenvalue weighted by Crippen LogP contribution is -2.50. The first kappa shape index (κ1) is 17.4. The average molecular weight is 284 g/mol. The molecule has 4 heteroatoms. The summed E-state index contributed by atoms with van der Waals surface area (Å²) in [6, 6.07) is -0.0986. The third-order valence-electron chi connectivity index (χ3n) is 4.04. The molecule has 0 bridgehead atoms. The van der Waals surface area contributed by atoms with E-state index in [1.165, 1.54) is 25.7 Å². The third kappa shape index (κ3) is 6.23. The zero-order chi connectivity index (χ0) is 15.0. The van der Waals surface area contributed by atoms with Gasteiger partial charge < -0.3 is 15.0 Å². The van der Waals surface area contributed by atoms with Gasteiger partial charge >= 0.3 is 0 Å². The molecule has 1 rings (SSSR count). The lowest BCUT2D eigenvalue weighted by Gasteiger charge is -2.31. The summed E-state index contributed by atoms with van der Waals surface area (Å²) < 4.78 is 5.28. The highest BCUT2D eigenvalue weighted by molar-refractivity contribution is 5.81. The van der Waals surface area contributed by atoms with Gasteiger partial charge in [-0.2, -0.15) is 0 Å². The summed E-state index contributed by atoms with van der Waals surface area (Å²) in [5, 5.41) is 3.41. The van der Waals surface area contributed by atoms with Crippen molar-refractivity contribution in [2.75, 3.05) is 32.8 Å². The van der Waals surface area contributed by atoms with Gasteiger partial charge in [-0.1, -0.05) is 40.0 Å². The van der Waals surface area contributed by atoms with Crippen molar-refractivity contribution in [2.24, 2.45) is 5.41 Å². The standard InChI is InChI=1S/C16H32N2O2/c1-5-6-7-8-16(3,4)13-17-14(2)15(19)18-9-11-20-12-10-18/h14,17H,5-13H2,1-4H3. The fourth-order valence-corrected chi connectivity index (χ4v) is 2.52. The van der Waals surface area contributed by atoms with Crippen molar-refractivity contribution < 1.29 is 9.53 Å². The summed E-state index contributed by atoms with van der Waals surface area (Å²) in [4.78, 5) is 14.2. The fourth-order valence-electron chi connectivity index (χ4n) is 2.52. The fraction of sp³-hybridized carbons (Fsp3) is 0.938. The molecule has 1 N–H and O–H groups in total. The maximum absolute atomic E-state index is 12.3. The smallest absolute Gasteiger partial charge is 0.239 e. The van der Waals surface area contributed by atoms with Crippen molar-refractivity contribution in [3.63, 3.8) is 0 Å². The molecule has 1 heterocycles. The van der Waals surface area contributed by atoms with E-state index in [9.17, 15) is 4.79 Å². The Bertz CT molecular complexity index is 286. The normalized spacial score (nSPS) is 18.1. The second-order valence-electron chi connectivity index (χ2n) is 6.66. The predicted octanol–water partition coefficient (Wildman–Crippen LogP) is 2.43. The van der Waals surface area contributed by atoms with Crippen LogP contribution in [0, 0.1) is 5.41 Å². The van der Waals surface area contributed by atoms with Crippen molar-refractivity contribution in [3.05, 3.63) is 0 Å². The zero-order valence-electron chi connectivity index (χ0n) is 13.7. The number of amides is 1. The molecular formula is C16H32N2O2. The molecule has 1 amide bonds. The number of unbranched alkanes of at least 4 members (excludes halogenated alkanes) is 2. The maximum atomic E-state index is 12.3. The van der Waals surface area contributed by atoms with E-state index in [-0.39, 0.29) is 17.4 Å². The van der Waals surface area contributed by atoms with Crippen molar-refractivity contribution >= 4 is 5.91 Å². The van der Waals surface area contributed by atoms with Crippen LogP contribution in [0.15, 0.2) is 0 Å². The number of morpholine rings is 1. The summed E-state index contributed by atoms with van der Waals surface area (Å²) in [7, 11) is 0. The largest absolute Gasteiger partial charge is 0.378 e. The van der Waals surface area contributed by atoms with Crippen LogP contribution < -0.4 is 5.32 Å². The average Bonchev–Trinajstić information content (AvgIpc) is 2.45. The van der Waals surface area contributed by atoms with Crippen LogP contribution in [-0.2, 0) is 9.53 Å². The van der Waals surface area contributed by atoms with Gasteiger partial charge in [0.1, 0.15) is 0 Å². The summed E-state index contributed by atoms with van der Waals surface area (Å²) in [5.74, 6) is 0.206. The maximum Gasteiger partial charge on any atom is 0.239 e. The number of hydrogen-bond acceptors (Lipinski definition) is 3. The van der Waals surface area contributed by atoms with Gasteiger partial charge in [0.05, 0.1) is 19.3 Å². The van der Waals surface area contributed by atoms with E-state index in [4.69, 9.17) is 4.74 Å². The molecule has 1 aliphatic rings. The summed E-state index contributed by atoms with van der Waals surface area (Å²) >= 11 is 0. The van der Waals surface area contributed by atoms with Crippen LogP contribution in [-0.4, -0.2) is 49.7 Å². The third-order valence-corrected chi connectivity index (χ3v) is 4.04. The van der Waals surface area contributed by atoms with Crippen molar-refractivity contribution in [1.29, 1.82) is 0 Å². The molecule has 118 valence electrons. The molecule has 1 atom stereocenters. The molecule has 0 radical (unpaired) electrons. The lowest BCUT2D eigenvalue weighted by molar-refractivity contribution is -0.137. The second-order valence-corrected chi connectivity index (χ2v) is 6.66. The molecule has 1 fully saturated rings. The van der Waals surface area contributed by atoms with Crippen molar-refractivity contribution in [3.8, 4) is 0 Å². The predicted molar refractivity (Wildman–Crippen MR) is 82.8 cm³/mol. The monoisotopic (exact) mass is 284 g/mol. The number of carbonyl (C=O) groups is 1. The topological polar surface area (TPSA) is 41.6 Å². The number of hydrogen-bond donors (Lipinski definition) is 1. The van der Waals surface area contributed by atoms with Crippen LogP contribution in [0.4, 0.5) is 0 Å². The molecule has 1 saturated heterocycles. The molecule has 0 spiro atoms. The van der Waals surface area contributed by atoms with E-state index in [0.717, 1.165) is 19.6 Å². The first-order valence-electron chi connectivity index (χ1n) is 8.06. The van der Waals surface area contributed by atoms with Gasteiger partial charge in [-0.25, -0.2) is 0 Å². The Morgan fingerprint density at radius 1 is 1.30 bits per heavy atom. The van der Waals surface area contributed by atoms with Crippen molar-refractivity contribution in [1.82, 2.24) is 10.2 Å². The Hall–Kier alpha value is -0.610. The molecule has 1 aliphatic heterocycles. The van der Waals surface area contributed by atoms with Gasteiger partial charge in [-0.15, -0.1) is 0 Å². The Morgan fingerprint density at radius 2 is 1.95 bits per heavy atom. The first-order valence-corrected chi connectivity index (χ1v) is 8.06. The van der Waals surface area contributed by atoms with E-state index < -0.39 is 0 Å². The lowest BCUT2D eigenvalue weighted by atomic mass is 9.86. The second kappa shape index (κ2) is 8.63. The van der Waals surface area contributed by atoms with E-state index >= 15 is 0 Å². The van der Waals surface area contributed by atoms with Gasteiger partial charge in [-0.3, -0.25) is 4.79 Å². The minimum absolute atomic E-state index is 0.0986. The molecular weight excluding hydrogens is 252 g/mol. The van der Waals surface area contributed by atoms with E-state index in [0.29, 0.717) is 13.2 Å². The zero-order valence-corrected chi connectivity index (χ0v) is 13.7. The van der Waals surface area contributed by atoms with E-state index in [2.05, 4.69) is 26.1 Å². The molecule has 1 unspecified atom stereocenters. The van der Waals surface area contributed by atoms with Gasteiger partial charge in [0, 0.05) is 19.6 Å². The molecule has 20 heavy (non-hydrogen) atoms. The van der Waals surface area contributed by atoms with Crippen LogP contribution in [0.1, 0.15) is 53.4 Å². The minimum Gasteiger partial charge on any atom is -0.378 e. The van der Waals surface area contributed by atoms with Crippen LogP contribution in [0.3, 0.4) is 0 Å². The van der Waals surface area contributed by atoms with Crippen LogP contribution in [0.2, 0.25) is 0 Å². The molecule has 0 saturated carbocycles. The molecule has 4 nitrogen and oxygen atoms in total. The minimum atomic E-state index is -0.0986. The number of rotatable bonds is 8. The SMILES string of the molecule is CCCCCC(C)(C)CNC(C)C(=O)N1CCOCC1. The highest BCUT2D eigenvalue weighted by atomic mass is 16.5. The van der Waals surface area contributed by atoms with E-state index in [1.807, 2.05) is 11.8 Å². The van der Waals surface area contributed by atoms with E-state index in [1.54, 1.807) is 0 Å². The highest BCUT2D eigenvalue weighted by Gasteiger charge is 2.24. The first-order chi connectivity index (χ1) is 9.46. The van der Waals surface area contributed by atoms with Gasteiger partial charge in [-0.05, 0) is 18.8 Å². The quantitative estimate of drug-likeness (QED) is 0.696. The summed E-state index contributed by atoms with van der Waals surface area (Å²) in [6.07, 6.45) is 5.05. The number of nitrogens with one attached hydrogen (secondary N) is 1. The number of carbonyl (C=O) groups excluding carboxylic acids is 1. The van der Waals surface area contributed by atoms with Crippen LogP contribution >= 0.6 is 0 Å². The molecule has 0 aromatic rings.